The summed E-state index contributed by atoms with van der Waals surface area (Å²) in [5, 5.41) is 0. The molecule has 0 aromatic carbocycles. The first-order valence-electron chi connectivity index (χ1n) is 6.28. The van der Waals surface area contributed by atoms with Gasteiger partial charge in [0, 0.05) is 32.1 Å². The number of carbonyl (C=O) groups excluding carboxylic acids is 1. The molecule has 0 aromatic rings. The van der Waals surface area contributed by atoms with Gasteiger partial charge in [0.2, 0.25) is 5.91 Å². The van der Waals surface area contributed by atoms with Crippen LogP contribution in [0.2, 0.25) is 0 Å². The van der Waals surface area contributed by atoms with Crippen LogP contribution in [0.1, 0.15) is 33.1 Å². The van der Waals surface area contributed by atoms with Crippen LogP contribution >= 0.6 is 24.8 Å². The van der Waals surface area contributed by atoms with Crippen LogP contribution in [0.3, 0.4) is 0 Å². The van der Waals surface area contributed by atoms with Gasteiger partial charge < -0.3 is 10.6 Å². The Morgan fingerprint density at radius 1 is 1.50 bits per heavy atom. The van der Waals surface area contributed by atoms with Crippen molar-refractivity contribution >= 4 is 30.7 Å². The largest absolute Gasteiger partial charge is 0.344 e. The van der Waals surface area contributed by atoms with Gasteiger partial charge in [0.25, 0.3) is 0 Å². The maximum Gasteiger partial charge on any atom is 0.223 e. The average molecular weight is 300 g/mol. The van der Waals surface area contributed by atoms with Crippen LogP contribution in [0.25, 0.3) is 0 Å². The van der Waals surface area contributed by atoms with Crippen molar-refractivity contribution in [1.29, 1.82) is 0 Å². The van der Waals surface area contributed by atoms with Crippen LogP contribution in [0.15, 0.2) is 0 Å². The van der Waals surface area contributed by atoms with Crippen LogP contribution in [-0.2, 0) is 4.79 Å². The fourth-order valence-electron chi connectivity index (χ4n) is 2.37. The van der Waals surface area contributed by atoms with Gasteiger partial charge in [-0.05, 0) is 32.9 Å². The van der Waals surface area contributed by atoms with E-state index in [9.17, 15) is 4.79 Å². The van der Waals surface area contributed by atoms with E-state index in [2.05, 4.69) is 11.8 Å². The second-order valence-electron chi connectivity index (χ2n) is 4.88. The summed E-state index contributed by atoms with van der Waals surface area (Å²) < 4.78 is 0. The normalized spacial score (nSPS) is 20.8. The van der Waals surface area contributed by atoms with Crippen molar-refractivity contribution in [2.75, 3.05) is 26.7 Å². The van der Waals surface area contributed by atoms with E-state index in [1.807, 2.05) is 18.9 Å². The Hall–Kier alpha value is -0.0300. The number of likely N-dealkylation sites (N-methyl/N-ethyl adjacent to an activating group) is 2. The van der Waals surface area contributed by atoms with E-state index in [1.165, 1.54) is 19.4 Å². The maximum atomic E-state index is 11.8. The maximum absolute atomic E-state index is 11.8. The van der Waals surface area contributed by atoms with Gasteiger partial charge in [0.05, 0.1) is 0 Å². The van der Waals surface area contributed by atoms with E-state index in [-0.39, 0.29) is 36.8 Å². The van der Waals surface area contributed by atoms with Crippen molar-refractivity contribution in [2.45, 2.75) is 45.2 Å². The second-order valence-corrected chi connectivity index (χ2v) is 4.88. The number of hydrogen-bond donors (Lipinski definition) is 1. The average Bonchev–Trinajstić information content (AvgIpc) is 2.64. The number of amides is 1. The standard InChI is InChI=1S/C12H25N3O.2ClH/c1-4-15-7-5-6-11(15)9-14(3)12(16)8-10(2)13;;/h10-11H,4-9,13H2,1-3H3;2*1H. The third-order valence-electron chi connectivity index (χ3n) is 3.31. The molecule has 1 heterocycles. The smallest absolute Gasteiger partial charge is 0.223 e. The molecule has 1 fully saturated rings. The number of rotatable bonds is 5. The van der Waals surface area contributed by atoms with Gasteiger partial charge in [-0.3, -0.25) is 9.69 Å². The van der Waals surface area contributed by atoms with Crippen molar-refractivity contribution in [1.82, 2.24) is 9.80 Å². The summed E-state index contributed by atoms with van der Waals surface area (Å²) >= 11 is 0. The van der Waals surface area contributed by atoms with Crippen LogP contribution in [0, 0.1) is 0 Å². The van der Waals surface area contributed by atoms with Crippen LogP contribution < -0.4 is 5.73 Å². The molecule has 0 aromatic heterocycles. The van der Waals surface area contributed by atoms with Crippen molar-refractivity contribution in [3.8, 4) is 0 Å². The molecule has 0 bridgehead atoms. The summed E-state index contributed by atoms with van der Waals surface area (Å²) in [7, 11) is 1.89. The predicted molar refractivity (Wildman–Crippen MR) is 80.7 cm³/mol. The molecule has 4 nitrogen and oxygen atoms in total. The number of hydrogen-bond acceptors (Lipinski definition) is 3. The van der Waals surface area contributed by atoms with Crippen LogP contribution in [-0.4, -0.2) is 54.5 Å². The second kappa shape index (κ2) is 9.84. The quantitative estimate of drug-likeness (QED) is 0.837. The molecule has 0 spiro atoms. The minimum atomic E-state index is -0.0409. The number of carbonyl (C=O) groups is 1. The zero-order valence-electron chi connectivity index (χ0n) is 11.6. The summed E-state index contributed by atoms with van der Waals surface area (Å²) in [6.45, 7) is 7.16. The number of likely N-dealkylation sites (tertiary alicyclic amines) is 1. The highest BCUT2D eigenvalue weighted by molar-refractivity contribution is 5.85. The number of nitrogens with two attached hydrogens (primary N) is 1. The Kier molecular flexibility index (Phi) is 11.1. The Morgan fingerprint density at radius 2 is 2.11 bits per heavy atom. The first kappa shape index (κ1) is 20.3. The molecular weight excluding hydrogens is 273 g/mol. The summed E-state index contributed by atoms with van der Waals surface area (Å²) in [5.74, 6) is 0.165. The molecule has 1 rings (SSSR count). The third-order valence-corrected chi connectivity index (χ3v) is 3.31. The van der Waals surface area contributed by atoms with Crippen molar-refractivity contribution in [2.24, 2.45) is 5.73 Å². The molecule has 110 valence electrons. The van der Waals surface area contributed by atoms with Crippen molar-refractivity contribution in [3.63, 3.8) is 0 Å². The van der Waals surface area contributed by atoms with Gasteiger partial charge in [-0.1, -0.05) is 6.92 Å². The van der Waals surface area contributed by atoms with Gasteiger partial charge in [-0.25, -0.2) is 0 Å². The Labute approximate surface area is 123 Å². The predicted octanol–water partition coefficient (Wildman–Crippen LogP) is 1.51. The summed E-state index contributed by atoms with van der Waals surface area (Å²) in [6, 6.07) is 0.507. The SMILES string of the molecule is CCN1CCCC1CN(C)C(=O)CC(C)N.Cl.Cl. The number of nitrogens with zero attached hydrogens (tertiary/aromatic N) is 2. The van der Waals surface area contributed by atoms with Crippen LogP contribution in [0.5, 0.6) is 0 Å². The molecule has 0 saturated carbocycles. The molecule has 1 amide bonds. The Morgan fingerprint density at radius 3 is 2.61 bits per heavy atom. The fourth-order valence-corrected chi connectivity index (χ4v) is 2.37. The molecule has 2 unspecified atom stereocenters. The van der Waals surface area contributed by atoms with E-state index in [0.717, 1.165) is 13.1 Å². The highest BCUT2D eigenvalue weighted by Crippen LogP contribution is 2.17. The van der Waals surface area contributed by atoms with Gasteiger partial charge in [0.15, 0.2) is 0 Å². The lowest BCUT2D eigenvalue weighted by Gasteiger charge is -2.28. The highest BCUT2D eigenvalue weighted by atomic mass is 35.5. The van der Waals surface area contributed by atoms with Crippen LogP contribution in [0.4, 0.5) is 0 Å². The molecule has 6 heteroatoms. The lowest BCUT2D eigenvalue weighted by atomic mass is 10.2. The van der Waals surface area contributed by atoms with Gasteiger partial charge >= 0.3 is 0 Å². The molecule has 0 aliphatic carbocycles. The first-order chi connectivity index (χ1) is 7.54. The molecule has 18 heavy (non-hydrogen) atoms. The summed E-state index contributed by atoms with van der Waals surface area (Å²) in [6.07, 6.45) is 2.92. The minimum absolute atomic E-state index is 0. The Balaban J connectivity index is 0. The van der Waals surface area contributed by atoms with Gasteiger partial charge in [-0.15, -0.1) is 24.8 Å². The molecule has 1 aliphatic heterocycles. The minimum Gasteiger partial charge on any atom is -0.344 e. The molecule has 1 aliphatic rings. The van der Waals surface area contributed by atoms with E-state index in [0.29, 0.717) is 12.5 Å². The topological polar surface area (TPSA) is 49.6 Å². The van der Waals surface area contributed by atoms with Gasteiger partial charge in [-0.2, -0.15) is 0 Å². The molecule has 2 atom stereocenters. The fraction of sp³-hybridized carbons (Fsp3) is 0.917. The summed E-state index contributed by atoms with van der Waals surface area (Å²) in [5.41, 5.74) is 5.63. The molecule has 0 radical (unpaired) electrons. The van der Waals surface area contributed by atoms with Gasteiger partial charge in [0.1, 0.15) is 0 Å². The van der Waals surface area contributed by atoms with Crippen molar-refractivity contribution < 1.29 is 4.79 Å². The van der Waals surface area contributed by atoms with E-state index >= 15 is 0 Å². The lowest BCUT2D eigenvalue weighted by Crippen LogP contribution is -2.42. The van der Waals surface area contributed by atoms with E-state index in [1.54, 1.807) is 0 Å². The highest BCUT2D eigenvalue weighted by Gasteiger charge is 2.25. The number of halogens is 2. The van der Waals surface area contributed by atoms with E-state index < -0.39 is 0 Å². The molecule has 2 N–H and O–H groups in total. The zero-order chi connectivity index (χ0) is 12.1. The molecule has 1 saturated heterocycles. The Bertz CT molecular complexity index is 239. The monoisotopic (exact) mass is 299 g/mol. The lowest BCUT2D eigenvalue weighted by molar-refractivity contribution is -0.130. The van der Waals surface area contributed by atoms with Crippen molar-refractivity contribution in [3.05, 3.63) is 0 Å². The first-order valence-corrected chi connectivity index (χ1v) is 6.28. The third kappa shape index (κ3) is 6.23. The van der Waals surface area contributed by atoms with E-state index in [4.69, 9.17) is 5.73 Å². The summed E-state index contributed by atoms with van der Waals surface area (Å²) in [4.78, 5) is 16.1. The zero-order valence-corrected chi connectivity index (χ0v) is 13.2. The molecular formula is C12H27Cl2N3O.